The van der Waals surface area contributed by atoms with E-state index in [1.807, 2.05) is 111 Å². The number of benzene rings is 2. The number of hydrogen-bond acceptors (Lipinski definition) is 14. The molecule has 2 aliphatic heterocycles. The van der Waals surface area contributed by atoms with Gasteiger partial charge >= 0.3 is 6.09 Å². The van der Waals surface area contributed by atoms with E-state index < -0.39 is 6.09 Å². The van der Waals surface area contributed by atoms with Gasteiger partial charge in [0.25, 0.3) is 0 Å². The first-order valence-electron chi connectivity index (χ1n) is 37.7. The highest BCUT2D eigenvalue weighted by Gasteiger charge is 2.28. The summed E-state index contributed by atoms with van der Waals surface area (Å²) in [5.41, 5.74) is 11.8. The lowest BCUT2D eigenvalue weighted by molar-refractivity contribution is -0.117. The van der Waals surface area contributed by atoms with Crippen molar-refractivity contribution in [1.29, 1.82) is 0 Å². The topological polar surface area (TPSA) is 166 Å². The van der Waals surface area contributed by atoms with Gasteiger partial charge in [-0.2, -0.15) is 0 Å². The van der Waals surface area contributed by atoms with Gasteiger partial charge in [0, 0.05) is 123 Å². The highest BCUT2D eigenvalue weighted by molar-refractivity contribution is 7.12. The third-order valence-corrected chi connectivity index (χ3v) is 19.8. The lowest BCUT2D eigenvalue weighted by atomic mass is 10.0. The number of thiophene rings is 1. The number of furan rings is 1. The molecule has 17 heteroatoms. The maximum Gasteiger partial charge on any atom is 0.414 e. The third kappa shape index (κ3) is 32.9. The second kappa shape index (κ2) is 47.4. The van der Waals surface area contributed by atoms with E-state index >= 15 is 0 Å². The summed E-state index contributed by atoms with van der Waals surface area (Å²) < 4.78 is 24.0. The lowest BCUT2D eigenvalue weighted by Crippen LogP contribution is -2.24. The predicted octanol–water partition coefficient (Wildman–Crippen LogP) is 25.8. The number of rotatable bonds is 14. The van der Waals surface area contributed by atoms with Gasteiger partial charge in [-0.25, -0.2) is 34.1 Å². The van der Waals surface area contributed by atoms with E-state index in [2.05, 4.69) is 232 Å². The number of ether oxygens (including phenoxy) is 1. The largest absolute Gasteiger partial charge is 0.461 e. The Kier molecular flexibility index (Phi) is 41.1. The molecular weight excluding hydrogens is 1370 g/mol. The molecule has 3 aliphatic rings. The highest BCUT2D eigenvalue weighted by Crippen LogP contribution is 2.38. The minimum absolute atomic E-state index is 0. The van der Waals surface area contributed by atoms with Crippen LogP contribution in [-0.4, -0.2) is 71.6 Å². The predicted molar refractivity (Wildman–Crippen MR) is 451 cm³/mol. The van der Waals surface area contributed by atoms with Crippen LogP contribution in [0.4, 0.5) is 20.6 Å². The number of thiazole rings is 1. The zero-order valence-corrected chi connectivity index (χ0v) is 68.9. The van der Waals surface area contributed by atoms with E-state index in [9.17, 15) is 14.0 Å². The van der Waals surface area contributed by atoms with Crippen molar-refractivity contribution in [3.05, 3.63) is 235 Å². The average Bonchev–Trinajstić information content (AvgIpc) is 1.82. The van der Waals surface area contributed by atoms with E-state index in [1.54, 1.807) is 30.9 Å². The number of aromatic nitrogens is 8. The van der Waals surface area contributed by atoms with E-state index in [4.69, 9.17) is 9.15 Å². The number of fused-ring (bicyclic) bond motifs is 1. The monoisotopic (exact) mass is 1500 g/mol. The number of anilines is 2. The molecule has 107 heavy (non-hydrogen) atoms. The van der Waals surface area contributed by atoms with E-state index in [-0.39, 0.29) is 26.6 Å². The average molecular weight is 1500 g/mol. The molecule has 10 aromatic rings. The minimum Gasteiger partial charge on any atom is -0.461 e. The standard InChI is InChI=1S/C13H17NO.C12H14FNO2.C10H14N2.C10H11NO.C10H17NS.2C9H13N.C8H12S.C7H10N2.2CH4/c1-10(2)11-5-7-12(8-6-11)14-9-3-4-13(14)15;1-8(2)9-3-4-10(13)11(7-9)14-5-6-16-12(14)15;1-7(2)9-5-6-11-10(12-9)8-3-4-8;1-7(2)10-5-8-6-11-4-3-9(8)12-10;1-7(2)5-10-11-6-9(12-10)8(3)4;2*1-7(2)9-4-5-10-8(3)6-9;1-6(2)8-5-4-7(3)9-8;1-6(2)7-3-4-8-5-9-7;;/h5-8,10H,3-4,9H2,1-2H3;3-4,7-8H,5-6H2,1-2H3;5-8H,3-4H2,1-2H3;3-7H,1-2H3;6-8H,5H2,1-4H3;2*4-7H,1-3H3;4-6H,1-3H3;3-6H,1-2H3;2*1H4. The number of cyclic esters (lactones) is 1. The van der Waals surface area contributed by atoms with Crippen molar-refractivity contribution < 1.29 is 23.1 Å². The Balaban J connectivity index is 0.000000314. The fraction of sp³-hybridized carbons (Fsp3) is 0.489. The number of carbonyl (C=O) groups is 2. The quantitative estimate of drug-likeness (QED) is 0.101. The van der Waals surface area contributed by atoms with Crippen molar-refractivity contribution in [1.82, 2.24) is 39.9 Å². The summed E-state index contributed by atoms with van der Waals surface area (Å²) in [5, 5.41) is 2.37. The first-order valence-corrected chi connectivity index (χ1v) is 39.4. The smallest absolute Gasteiger partial charge is 0.414 e. The Labute approximate surface area is 651 Å². The summed E-state index contributed by atoms with van der Waals surface area (Å²) in [6, 6.07) is 33.9. The lowest BCUT2D eigenvalue weighted by Gasteiger charge is -2.16. The molecule has 2 saturated heterocycles. The number of carbonyl (C=O) groups excluding carboxylic acids is 2. The van der Waals surface area contributed by atoms with Gasteiger partial charge in [-0.3, -0.25) is 24.6 Å². The Bertz CT molecular complexity index is 4040. The van der Waals surface area contributed by atoms with Crippen molar-refractivity contribution >= 4 is 57.0 Å². The Morgan fingerprint density at radius 1 is 0.505 bits per heavy atom. The van der Waals surface area contributed by atoms with Gasteiger partial charge in [0.15, 0.2) is 0 Å². The van der Waals surface area contributed by atoms with Crippen LogP contribution in [0.2, 0.25) is 0 Å². The minimum atomic E-state index is -0.472. The molecule has 1 aliphatic carbocycles. The zero-order valence-electron chi connectivity index (χ0n) is 67.2. The first-order chi connectivity index (χ1) is 49.8. The summed E-state index contributed by atoms with van der Waals surface area (Å²) >= 11 is 3.75. The fourth-order valence-electron chi connectivity index (χ4n) is 10.4. The molecule has 13 rings (SSSR count). The molecule has 1 saturated carbocycles. The molecule has 582 valence electrons. The second-order valence-electron chi connectivity index (χ2n) is 30.1. The van der Waals surface area contributed by atoms with E-state index in [0.717, 1.165) is 76.2 Å². The van der Waals surface area contributed by atoms with Crippen molar-refractivity contribution in [3.8, 4) is 0 Å². The van der Waals surface area contributed by atoms with Gasteiger partial charge in [0.05, 0.1) is 17.2 Å². The first kappa shape index (κ1) is 92.8. The van der Waals surface area contributed by atoms with Gasteiger partial charge in [-0.05, 0) is 200 Å². The van der Waals surface area contributed by atoms with Gasteiger partial charge < -0.3 is 14.1 Å². The molecule has 14 nitrogen and oxygen atoms in total. The van der Waals surface area contributed by atoms with Crippen LogP contribution in [0.1, 0.15) is 314 Å². The van der Waals surface area contributed by atoms with Crippen molar-refractivity contribution in [3.63, 3.8) is 0 Å². The molecular formula is C90H129FN10O4S2. The highest BCUT2D eigenvalue weighted by atomic mass is 32.1. The third-order valence-electron chi connectivity index (χ3n) is 17.2. The van der Waals surface area contributed by atoms with E-state index in [0.29, 0.717) is 84.4 Å². The molecule has 2 amide bonds. The van der Waals surface area contributed by atoms with Crippen LogP contribution >= 0.6 is 22.7 Å². The molecule has 8 aromatic heterocycles. The summed E-state index contributed by atoms with van der Waals surface area (Å²) in [5.74, 6) is 8.22. The summed E-state index contributed by atoms with van der Waals surface area (Å²) in [7, 11) is 0. The van der Waals surface area contributed by atoms with E-state index in [1.165, 1.54) is 65.8 Å². The van der Waals surface area contributed by atoms with Crippen LogP contribution < -0.4 is 9.80 Å². The molecule has 0 N–H and O–H groups in total. The maximum absolute atomic E-state index is 13.6. The number of aryl methyl sites for hydroxylation is 3. The number of pyridine rings is 3. The summed E-state index contributed by atoms with van der Waals surface area (Å²) in [4.78, 5) is 63.7. The number of amides is 2. The second-order valence-corrected chi connectivity index (χ2v) is 32.6. The molecule has 10 heterocycles. The zero-order chi connectivity index (χ0) is 77.4. The van der Waals surface area contributed by atoms with Gasteiger partial charge in [0.1, 0.15) is 35.9 Å². The van der Waals surface area contributed by atoms with Crippen molar-refractivity contribution in [2.45, 2.75) is 265 Å². The van der Waals surface area contributed by atoms with Crippen LogP contribution in [0.15, 0.2) is 157 Å². The molecule has 2 aromatic carbocycles. The fourth-order valence-corrected chi connectivity index (χ4v) is 12.4. The van der Waals surface area contributed by atoms with Crippen molar-refractivity contribution in [2.24, 2.45) is 5.92 Å². The molecule has 0 atom stereocenters. The number of nitrogens with zero attached hydrogens (tertiary/aromatic N) is 10. The molecule has 0 unspecified atom stereocenters. The maximum atomic E-state index is 13.6. The summed E-state index contributed by atoms with van der Waals surface area (Å²) in [6.07, 6.45) is 19.5. The molecule has 0 spiro atoms. The van der Waals surface area contributed by atoms with Gasteiger partial charge in [0.2, 0.25) is 5.91 Å². The van der Waals surface area contributed by atoms with Crippen LogP contribution in [0.25, 0.3) is 11.0 Å². The molecule has 0 bridgehead atoms. The van der Waals surface area contributed by atoms with Crippen LogP contribution in [0, 0.1) is 32.5 Å². The Morgan fingerprint density at radius 3 is 1.49 bits per heavy atom. The number of halogens is 1. The van der Waals surface area contributed by atoms with Crippen LogP contribution in [0.5, 0.6) is 0 Å². The molecule has 0 radical (unpaired) electrons. The normalized spacial score (nSPS) is 12.8. The summed E-state index contributed by atoms with van der Waals surface area (Å²) in [6.45, 7) is 51.1. The van der Waals surface area contributed by atoms with Crippen molar-refractivity contribution in [2.75, 3.05) is 29.5 Å². The Hall–Kier alpha value is -8.41. The van der Waals surface area contributed by atoms with Crippen LogP contribution in [-0.2, 0) is 16.0 Å². The van der Waals surface area contributed by atoms with Crippen LogP contribution in [0.3, 0.4) is 0 Å². The van der Waals surface area contributed by atoms with Gasteiger partial charge in [-0.1, -0.05) is 172 Å². The SMILES string of the molecule is C.C.CC(C)Cc1ncc(C(C)C)s1.CC(C)c1cc2cnccc2o1.CC(C)c1ccc(F)c(N2CCOC2=O)c1.CC(C)c1ccc(N2CCCC2=O)cc1.CC(C)c1ccnc(C2CC2)n1.CC(C)c1ccncn1.Cc1cc(C(C)C)ccn1.Cc1cc(C(C)C)ccn1.Cc1ccc(C(C)C)s1. The van der Waals surface area contributed by atoms with Gasteiger partial charge in [-0.15, -0.1) is 22.7 Å². The number of hydrogen-bond donors (Lipinski definition) is 0. The Morgan fingerprint density at radius 2 is 1.07 bits per heavy atom. The molecule has 3 fully saturated rings.